The lowest BCUT2D eigenvalue weighted by molar-refractivity contribution is 0.0620. The molecule has 2 saturated heterocycles. The first-order valence-corrected chi connectivity index (χ1v) is 11.8. The topological polar surface area (TPSA) is 87.2 Å². The van der Waals surface area contributed by atoms with Crippen molar-refractivity contribution in [1.29, 1.82) is 0 Å². The van der Waals surface area contributed by atoms with E-state index in [2.05, 4.69) is 0 Å². The molecule has 1 N–H and O–H groups in total. The van der Waals surface area contributed by atoms with Crippen LogP contribution in [0.1, 0.15) is 36.0 Å². The Morgan fingerprint density at radius 2 is 1.96 bits per heavy atom. The number of nitrogens with zero attached hydrogens (tertiary/aromatic N) is 2. The Kier molecular flexibility index (Phi) is 6.85. The molecule has 9 heteroatoms. The molecule has 2 heterocycles. The van der Waals surface area contributed by atoms with Crippen LogP contribution in [-0.4, -0.2) is 73.8 Å². The summed E-state index contributed by atoms with van der Waals surface area (Å²) in [4.78, 5) is 14.5. The molecular formula is C19H27ClN2O5S. The molecule has 28 heavy (non-hydrogen) atoms. The lowest BCUT2D eigenvalue weighted by Gasteiger charge is -2.32. The Labute approximate surface area is 171 Å². The highest BCUT2D eigenvalue weighted by Gasteiger charge is 2.27. The second-order valence-electron chi connectivity index (χ2n) is 7.57. The highest BCUT2D eigenvalue weighted by atomic mass is 35.5. The van der Waals surface area contributed by atoms with Crippen molar-refractivity contribution in [2.75, 3.05) is 39.0 Å². The maximum Gasteiger partial charge on any atom is 0.253 e. The van der Waals surface area contributed by atoms with E-state index in [1.165, 1.54) is 10.6 Å². The maximum atomic E-state index is 12.7. The van der Waals surface area contributed by atoms with Crippen LogP contribution >= 0.6 is 11.6 Å². The maximum absolute atomic E-state index is 12.7. The molecule has 2 fully saturated rings. The normalized spacial score (nSPS) is 22.2. The van der Waals surface area contributed by atoms with Gasteiger partial charge in [0.2, 0.25) is 10.0 Å². The fraction of sp³-hybridized carbons (Fsp3) is 0.632. The monoisotopic (exact) mass is 430 g/mol. The van der Waals surface area contributed by atoms with Crippen molar-refractivity contribution in [3.63, 3.8) is 0 Å². The molecule has 1 aromatic carbocycles. The van der Waals surface area contributed by atoms with Gasteiger partial charge in [0, 0.05) is 38.3 Å². The van der Waals surface area contributed by atoms with E-state index in [0.717, 1.165) is 12.8 Å². The fourth-order valence-electron chi connectivity index (χ4n) is 3.77. The number of likely N-dealkylation sites (tertiary alicyclic amines) is 1. The van der Waals surface area contributed by atoms with Gasteiger partial charge in [0.15, 0.2) is 0 Å². The van der Waals surface area contributed by atoms with E-state index in [4.69, 9.17) is 16.3 Å². The number of hydrogen-bond donors (Lipinski definition) is 1. The van der Waals surface area contributed by atoms with Crippen LogP contribution in [0.15, 0.2) is 18.2 Å². The molecule has 156 valence electrons. The van der Waals surface area contributed by atoms with Crippen molar-refractivity contribution >= 4 is 27.5 Å². The molecule has 0 unspecified atom stereocenters. The molecule has 2 aliphatic rings. The number of aliphatic hydroxyl groups is 1. The fourth-order valence-corrected chi connectivity index (χ4v) is 4.87. The van der Waals surface area contributed by atoms with Gasteiger partial charge in [-0.15, -0.1) is 0 Å². The van der Waals surface area contributed by atoms with Crippen LogP contribution in [0.4, 0.5) is 0 Å². The average molecular weight is 431 g/mol. The van der Waals surface area contributed by atoms with Crippen molar-refractivity contribution in [3.05, 3.63) is 28.8 Å². The van der Waals surface area contributed by atoms with Crippen LogP contribution in [0.3, 0.4) is 0 Å². The van der Waals surface area contributed by atoms with Crippen molar-refractivity contribution in [3.8, 4) is 5.75 Å². The number of ether oxygens (including phenoxy) is 1. The largest absolute Gasteiger partial charge is 0.489 e. The molecule has 1 aromatic rings. The first-order valence-electron chi connectivity index (χ1n) is 9.59. The second kappa shape index (κ2) is 8.98. The quantitative estimate of drug-likeness (QED) is 0.771. The Morgan fingerprint density at radius 3 is 2.57 bits per heavy atom. The summed E-state index contributed by atoms with van der Waals surface area (Å²) < 4.78 is 30.6. The summed E-state index contributed by atoms with van der Waals surface area (Å²) in [6, 6.07) is 5.02. The van der Waals surface area contributed by atoms with Crippen LogP contribution in [0.5, 0.6) is 5.75 Å². The number of amides is 1. The Balaban J connectivity index is 1.61. The molecule has 0 aliphatic carbocycles. The van der Waals surface area contributed by atoms with E-state index in [9.17, 15) is 18.3 Å². The Morgan fingerprint density at radius 1 is 1.25 bits per heavy atom. The molecule has 1 atom stereocenters. The molecule has 7 nitrogen and oxygen atoms in total. The van der Waals surface area contributed by atoms with E-state index in [1.54, 1.807) is 23.1 Å². The zero-order valence-electron chi connectivity index (χ0n) is 16.0. The van der Waals surface area contributed by atoms with Gasteiger partial charge in [0.25, 0.3) is 5.91 Å². The van der Waals surface area contributed by atoms with Gasteiger partial charge in [-0.3, -0.25) is 4.79 Å². The molecule has 0 bridgehead atoms. The third kappa shape index (κ3) is 5.17. The number of sulfonamides is 1. The summed E-state index contributed by atoms with van der Waals surface area (Å²) in [5.41, 5.74) is 0.503. The highest BCUT2D eigenvalue weighted by Crippen LogP contribution is 2.29. The SMILES string of the molecule is CS(=O)(=O)N1CCC(Oc2ccc(C(=O)N3CCC[C@H](CO)C3)cc2Cl)CC1. The van der Waals surface area contributed by atoms with Crippen molar-refractivity contribution < 1.29 is 23.1 Å². The zero-order valence-corrected chi connectivity index (χ0v) is 17.6. The number of benzene rings is 1. The molecule has 0 radical (unpaired) electrons. The van der Waals surface area contributed by atoms with E-state index in [1.807, 2.05) is 0 Å². The minimum absolute atomic E-state index is 0.0898. The Hall–Kier alpha value is -1.35. The van der Waals surface area contributed by atoms with Gasteiger partial charge in [-0.25, -0.2) is 12.7 Å². The number of rotatable bonds is 5. The van der Waals surface area contributed by atoms with Gasteiger partial charge in [-0.05, 0) is 49.8 Å². The highest BCUT2D eigenvalue weighted by molar-refractivity contribution is 7.88. The molecular weight excluding hydrogens is 404 g/mol. The zero-order chi connectivity index (χ0) is 20.3. The van der Waals surface area contributed by atoms with Gasteiger partial charge in [-0.1, -0.05) is 11.6 Å². The number of carbonyl (C=O) groups excluding carboxylic acids is 1. The minimum atomic E-state index is -3.17. The van der Waals surface area contributed by atoms with E-state index in [-0.39, 0.29) is 24.5 Å². The van der Waals surface area contributed by atoms with Gasteiger partial charge >= 0.3 is 0 Å². The standard InChI is InChI=1S/C19H27ClN2O5S/c1-28(25,26)22-9-6-16(7-10-22)27-18-5-4-15(11-17(18)20)19(24)21-8-2-3-14(12-21)13-23/h4-5,11,14,16,23H,2-3,6-10,12-13H2,1H3/t14-/m0/s1. The lowest BCUT2D eigenvalue weighted by Crippen LogP contribution is -2.41. The molecule has 1 amide bonds. The predicted molar refractivity (Wildman–Crippen MR) is 107 cm³/mol. The van der Waals surface area contributed by atoms with E-state index in [0.29, 0.717) is 55.4 Å². The summed E-state index contributed by atoms with van der Waals surface area (Å²) in [5, 5.41) is 9.71. The molecule has 3 rings (SSSR count). The molecule has 0 saturated carbocycles. The second-order valence-corrected chi connectivity index (χ2v) is 9.96. The molecule has 0 aromatic heterocycles. The van der Waals surface area contributed by atoms with Crippen LogP contribution in [0.2, 0.25) is 5.02 Å². The van der Waals surface area contributed by atoms with Crippen LogP contribution in [0, 0.1) is 5.92 Å². The summed E-state index contributed by atoms with van der Waals surface area (Å²) in [6.45, 7) is 2.20. The van der Waals surface area contributed by atoms with Crippen molar-refractivity contribution in [1.82, 2.24) is 9.21 Å². The van der Waals surface area contributed by atoms with Crippen LogP contribution in [-0.2, 0) is 10.0 Å². The average Bonchev–Trinajstić information content (AvgIpc) is 2.68. The molecule has 2 aliphatic heterocycles. The smallest absolute Gasteiger partial charge is 0.253 e. The van der Waals surface area contributed by atoms with Gasteiger partial charge in [0.1, 0.15) is 11.9 Å². The lowest BCUT2D eigenvalue weighted by atomic mass is 9.98. The van der Waals surface area contributed by atoms with Crippen molar-refractivity contribution in [2.24, 2.45) is 5.92 Å². The van der Waals surface area contributed by atoms with E-state index >= 15 is 0 Å². The number of halogens is 1. The van der Waals surface area contributed by atoms with Crippen molar-refractivity contribution in [2.45, 2.75) is 31.8 Å². The number of aliphatic hydroxyl groups excluding tert-OH is 1. The summed E-state index contributed by atoms with van der Waals surface area (Å²) >= 11 is 6.35. The van der Waals surface area contributed by atoms with Gasteiger partial charge in [0.05, 0.1) is 11.3 Å². The summed E-state index contributed by atoms with van der Waals surface area (Å²) in [6.07, 6.45) is 4.13. The number of piperidine rings is 2. The molecule has 0 spiro atoms. The third-order valence-corrected chi connectivity index (χ3v) is 7.01. The first kappa shape index (κ1) is 21.4. The summed E-state index contributed by atoms with van der Waals surface area (Å²) in [5.74, 6) is 0.546. The minimum Gasteiger partial charge on any atom is -0.489 e. The predicted octanol–water partition coefficient (Wildman–Crippen LogP) is 1.99. The van der Waals surface area contributed by atoms with Crippen LogP contribution in [0.25, 0.3) is 0 Å². The number of carbonyl (C=O) groups is 1. The first-order chi connectivity index (χ1) is 13.3. The number of hydrogen-bond acceptors (Lipinski definition) is 5. The summed E-state index contributed by atoms with van der Waals surface area (Å²) in [7, 11) is -3.17. The van der Waals surface area contributed by atoms with Gasteiger partial charge < -0.3 is 14.7 Å². The van der Waals surface area contributed by atoms with E-state index < -0.39 is 10.0 Å². The van der Waals surface area contributed by atoms with Gasteiger partial charge in [-0.2, -0.15) is 0 Å². The Bertz CT molecular complexity index is 809. The third-order valence-electron chi connectivity index (χ3n) is 5.41. The van der Waals surface area contributed by atoms with Crippen LogP contribution < -0.4 is 4.74 Å².